The SMILES string of the molecule is COc1cc(OC)cc(S(=O)(=O)NC(=O)COc2ccccc2C)c1. The average molecular weight is 365 g/mol. The van der Waals surface area contributed by atoms with E-state index < -0.39 is 22.5 Å². The molecule has 0 unspecified atom stereocenters. The van der Waals surface area contributed by atoms with Crippen molar-refractivity contribution in [2.75, 3.05) is 20.8 Å². The normalized spacial score (nSPS) is 10.8. The number of carbonyl (C=O) groups is 1. The smallest absolute Gasteiger partial charge is 0.271 e. The van der Waals surface area contributed by atoms with Crippen LogP contribution in [0.3, 0.4) is 0 Å². The first kappa shape index (κ1) is 18.6. The van der Waals surface area contributed by atoms with Crippen LogP contribution in [0.5, 0.6) is 17.2 Å². The van der Waals surface area contributed by atoms with Gasteiger partial charge in [-0.1, -0.05) is 18.2 Å². The highest BCUT2D eigenvalue weighted by Gasteiger charge is 2.20. The van der Waals surface area contributed by atoms with Gasteiger partial charge in [-0.05, 0) is 18.6 Å². The predicted molar refractivity (Wildman–Crippen MR) is 91.5 cm³/mol. The van der Waals surface area contributed by atoms with Crippen LogP contribution in [0, 0.1) is 6.92 Å². The molecule has 1 amide bonds. The maximum absolute atomic E-state index is 12.4. The Morgan fingerprint density at radius 2 is 1.64 bits per heavy atom. The number of hydrogen-bond donors (Lipinski definition) is 1. The van der Waals surface area contributed by atoms with Gasteiger partial charge >= 0.3 is 0 Å². The summed E-state index contributed by atoms with van der Waals surface area (Å²) in [4.78, 5) is 11.8. The highest BCUT2D eigenvalue weighted by atomic mass is 32.2. The zero-order valence-corrected chi connectivity index (χ0v) is 14.9. The van der Waals surface area contributed by atoms with Crippen LogP contribution in [0.1, 0.15) is 5.56 Å². The summed E-state index contributed by atoms with van der Waals surface area (Å²) in [5.74, 6) is 0.315. The lowest BCUT2D eigenvalue weighted by molar-refractivity contribution is -0.121. The molecule has 0 aromatic heterocycles. The molecule has 0 aliphatic heterocycles. The fourth-order valence-corrected chi connectivity index (χ4v) is 3.06. The zero-order valence-electron chi connectivity index (χ0n) is 14.1. The van der Waals surface area contributed by atoms with Crippen LogP contribution in [0.25, 0.3) is 0 Å². The topological polar surface area (TPSA) is 90.9 Å². The number of benzene rings is 2. The second kappa shape index (κ2) is 7.89. The van der Waals surface area contributed by atoms with Crippen molar-refractivity contribution in [2.24, 2.45) is 0 Å². The summed E-state index contributed by atoms with van der Waals surface area (Å²) in [5.41, 5.74) is 0.843. The molecule has 0 atom stereocenters. The van der Waals surface area contributed by atoms with Crippen LogP contribution >= 0.6 is 0 Å². The molecule has 1 N–H and O–H groups in total. The van der Waals surface area contributed by atoms with Gasteiger partial charge in [0.15, 0.2) is 6.61 Å². The molecule has 0 radical (unpaired) electrons. The van der Waals surface area contributed by atoms with E-state index in [0.717, 1.165) is 5.56 Å². The molecule has 0 aliphatic rings. The average Bonchev–Trinajstić information content (AvgIpc) is 2.60. The molecule has 0 saturated heterocycles. The molecule has 2 rings (SSSR count). The number of methoxy groups -OCH3 is 2. The van der Waals surface area contributed by atoms with E-state index in [1.54, 1.807) is 12.1 Å². The van der Waals surface area contributed by atoms with Gasteiger partial charge in [0.05, 0.1) is 19.1 Å². The lowest BCUT2D eigenvalue weighted by Gasteiger charge is -2.11. The van der Waals surface area contributed by atoms with Crippen molar-refractivity contribution in [3.05, 3.63) is 48.0 Å². The van der Waals surface area contributed by atoms with Crippen LogP contribution in [0.4, 0.5) is 0 Å². The molecule has 0 spiro atoms. The Bertz CT molecular complexity index is 841. The summed E-state index contributed by atoms with van der Waals surface area (Å²) in [6.07, 6.45) is 0. The van der Waals surface area contributed by atoms with E-state index in [4.69, 9.17) is 14.2 Å². The third-order valence-corrected chi connectivity index (χ3v) is 4.69. The molecule has 0 bridgehead atoms. The highest BCUT2D eigenvalue weighted by molar-refractivity contribution is 7.90. The van der Waals surface area contributed by atoms with E-state index in [1.807, 2.05) is 23.8 Å². The molecule has 25 heavy (non-hydrogen) atoms. The van der Waals surface area contributed by atoms with Gasteiger partial charge in [-0.15, -0.1) is 0 Å². The van der Waals surface area contributed by atoms with Crippen LogP contribution in [-0.4, -0.2) is 35.2 Å². The first-order chi connectivity index (χ1) is 11.9. The van der Waals surface area contributed by atoms with Gasteiger partial charge in [0.25, 0.3) is 15.9 Å². The van der Waals surface area contributed by atoms with Gasteiger partial charge in [0.1, 0.15) is 17.2 Å². The van der Waals surface area contributed by atoms with Crippen molar-refractivity contribution < 1.29 is 27.4 Å². The maximum Gasteiger partial charge on any atom is 0.271 e. The highest BCUT2D eigenvalue weighted by Crippen LogP contribution is 2.25. The van der Waals surface area contributed by atoms with Crippen molar-refractivity contribution in [2.45, 2.75) is 11.8 Å². The van der Waals surface area contributed by atoms with Crippen molar-refractivity contribution in [1.29, 1.82) is 0 Å². The first-order valence-electron chi connectivity index (χ1n) is 7.33. The number of para-hydroxylation sites is 1. The van der Waals surface area contributed by atoms with Crippen molar-refractivity contribution in [1.82, 2.24) is 4.72 Å². The standard InChI is InChI=1S/C17H19NO6S/c1-12-6-4-5-7-16(12)24-11-17(19)18-25(20,21)15-9-13(22-2)8-14(10-15)23-3/h4-10H,11H2,1-3H3,(H,18,19). The predicted octanol–water partition coefficient (Wildman–Crippen LogP) is 1.90. The van der Waals surface area contributed by atoms with Gasteiger partial charge in [0, 0.05) is 18.2 Å². The second-order valence-corrected chi connectivity index (χ2v) is 6.81. The zero-order chi connectivity index (χ0) is 18.4. The summed E-state index contributed by atoms with van der Waals surface area (Å²) < 4.78 is 42.1. The summed E-state index contributed by atoms with van der Waals surface area (Å²) in [6.45, 7) is 1.40. The lowest BCUT2D eigenvalue weighted by Crippen LogP contribution is -2.34. The van der Waals surface area contributed by atoms with Gasteiger partial charge in [-0.2, -0.15) is 0 Å². The molecule has 8 heteroatoms. The molecule has 2 aromatic carbocycles. The van der Waals surface area contributed by atoms with Crippen LogP contribution in [0.2, 0.25) is 0 Å². The molecular formula is C17H19NO6S. The van der Waals surface area contributed by atoms with Crippen LogP contribution in [-0.2, 0) is 14.8 Å². The van der Waals surface area contributed by atoms with E-state index >= 15 is 0 Å². The minimum atomic E-state index is -4.08. The fourth-order valence-electron chi connectivity index (χ4n) is 2.04. The summed E-state index contributed by atoms with van der Waals surface area (Å²) in [6, 6.07) is 11.2. The maximum atomic E-state index is 12.4. The van der Waals surface area contributed by atoms with Crippen molar-refractivity contribution in [3.8, 4) is 17.2 Å². The summed E-state index contributed by atoms with van der Waals surface area (Å²) in [5, 5.41) is 0. The number of rotatable bonds is 7. The van der Waals surface area contributed by atoms with Crippen molar-refractivity contribution in [3.63, 3.8) is 0 Å². The molecule has 0 heterocycles. The Hall–Kier alpha value is -2.74. The number of nitrogens with one attached hydrogen (secondary N) is 1. The van der Waals surface area contributed by atoms with E-state index in [1.165, 1.54) is 32.4 Å². The fraction of sp³-hybridized carbons (Fsp3) is 0.235. The molecule has 0 saturated carbocycles. The number of amides is 1. The molecule has 0 aliphatic carbocycles. The van der Waals surface area contributed by atoms with Crippen LogP contribution < -0.4 is 18.9 Å². The monoisotopic (exact) mass is 365 g/mol. The Morgan fingerprint density at radius 1 is 1.04 bits per heavy atom. The first-order valence-corrected chi connectivity index (χ1v) is 8.81. The Morgan fingerprint density at radius 3 is 2.20 bits per heavy atom. The van der Waals surface area contributed by atoms with Gasteiger partial charge in [0.2, 0.25) is 0 Å². The minimum absolute atomic E-state index is 0.145. The number of aryl methyl sites for hydroxylation is 1. The number of ether oxygens (including phenoxy) is 3. The lowest BCUT2D eigenvalue weighted by atomic mass is 10.2. The number of hydrogen-bond acceptors (Lipinski definition) is 6. The van der Waals surface area contributed by atoms with Gasteiger partial charge < -0.3 is 14.2 Å². The Labute approximate surface area is 146 Å². The van der Waals surface area contributed by atoms with E-state index in [-0.39, 0.29) is 4.90 Å². The van der Waals surface area contributed by atoms with E-state index in [0.29, 0.717) is 17.2 Å². The molecule has 134 valence electrons. The molecule has 0 fully saturated rings. The third-order valence-electron chi connectivity index (χ3n) is 3.34. The molecule has 2 aromatic rings. The molecular weight excluding hydrogens is 346 g/mol. The molecule has 7 nitrogen and oxygen atoms in total. The summed E-state index contributed by atoms with van der Waals surface area (Å²) in [7, 11) is -1.27. The van der Waals surface area contributed by atoms with Crippen molar-refractivity contribution >= 4 is 15.9 Å². The second-order valence-electron chi connectivity index (χ2n) is 5.13. The summed E-state index contributed by atoms with van der Waals surface area (Å²) >= 11 is 0. The minimum Gasteiger partial charge on any atom is -0.497 e. The quantitative estimate of drug-likeness (QED) is 0.806. The largest absolute Gasteiger partial charge is 0.497 e. The van der Waals surface area contributed by atoms with Gasteiger partial charge in [-0.25, -0.2) is 13.1 Å². The number of sulfonamides is 1. The van der Waals surface area contributed by atoms with E-state index in [2.05, 4.69) is 0 Å². The van der Waals surface area contributed by atoms with Gasteiger partial charge in [-0.3, -0.25) is 4.79 Å². The Kier molecular flexibility index (Phi) is 5.87. The third kappa shape index (κ3) is 4.87. The van der Waals surface area contributed by atoms with Crippen LogP contribution in [0.15, 0.2) is 47.4 Å². The number of carbonyl (C=O) groups excluding carboxylic acids is 1. The Balaban J connectivity index is 2.10. The van der Waals surface area contributed by atoms with E-state index in [9.17, 15) is 13.2 Å².